The molecular formula is C11H23NO2. The number of hydrogen-bond acceptors (Lipinski definition) is 3. The van der Waals surface area contributed by atoms with Gasteiger partial charge in [-0.05, 0) is 31.3 Å². The van der Waals surface area contributed by atoms with Crippen molar-refractivity contribution >= 4 is 0 Å². The monoisotopic (exact) mass is 201 g/mol. The average molecular weight is 201 g/mol. The number of methoxy groups -OCH3 is 2. The van der Waals surface area contributed by atoms with Gasteiger partial charge in [-0.3, -0.25) is 4.90 Å². The molecule has 1 aliphatic rings. The molecule has 0 aliphatic carbocycles. The van der Waals surface area contributed by atoms with Gasteiger partial charge in [0.15, 0.2) is 6.29 Å². The fraction of sp³-hybridized carbons (Fsp3) is 1.00. The summed E-state index contributed by atoms with van der Waals surface area (Å²) in [6.45, 7) is 7.90. The van der Waals surface area contributed by atoms with E-state index < -0.39 is 0 Å². The highest BCUT2D eigenvalue weighted by molar-refractivity contribution is 4.78. The average Bonchev–Trinajstić information content (AvgIpc) is 2.16. The molecule has 1 saturated heterocycles. The highest BCUT2D eigenvalue weighted by Gasteiger charge is 2.26. The third-order valence-corrected chi connectivity index (χ3v) is 3.14. The smallest absolute Gasteiger partial charge is 0.169 e. The van der Waals surface area contributed by atoms with Crippen molar-refractivity contribution in [2.45, 2.75) is 33.0 Å². The molecule has 0 aromatic rings. The third-order valence-electron chi connectivity index (χ3n) is 3.14. The summed E-state index contributed by atoms with van der Waals surface area (Å²) in [7, 11) is 3.39. The van der Waals surface area contributed by atoms with Gasteiger partial charge in [0, 0.05) is 20.8 Å². The Kier molecular flexibility index (Phi) is 4.35. The molecule has 0 spiro atoms. The van der Waals surface area contributed by atoms with Crippen molar-refractivity contribution in [2.75, 3.05) is 33.9 Å². The summed E-state index contributed by atoms with van der Waals surface area (Å²) in [5, 5.41) is 0. The van der Waals surface area contributed by atoms with E-state index >= 15 is 0 Å². The molecule has 1 fully saturated rings. The highest BCUT2D eigenvalue weighted by Crippen LogP contribution is 2.29. The van der Waals surface area contributed by atoms with Crippen LogP contribution in [0.3, 0.4) is 0 Å². The Morgan fingerprint density at radius 3 is 2.07 bits per heavy atom. The number of hydrogen-bond donors (Lipinski definition) is 0. The van der Waals surface area contributed by atoms with Crippen molar-refractivity contribution in [3.8, 4) is 0 Å². The molecule has 0 bridgehead atoms. The van der Waals surface area contributed by atoms with E-state index in [1.54, 1.807) is 14.2 Å². The van der Waals surface area contributed by atoms with Crippen molar-refractivity contribution < 1.29 is 9.47 Å². The summed E-state index contributed by atoms with van der Waals surface area (Å²) in [5.41, 5.74) is 0.520. The fourth-order valence-electron chi connectivity index (χ4n) is 1.80. The first kappa shape index (κ1) is 12.0. The van der Waals surface area contributed by atoms with Gasteiger partial charge in [-0.25, -0.2) is 0 Å². The van der Waals surface area contributed by atoms with Crippen molar-refractivity contribution in [3.63, 3.8) is 0 Å². The van der Waals surface area contributed by atoms with Crippen molar-refractivity contribution in [2.24, 2.45) is 5.41 Å². The first-order chi connectivity index (χ1) is 6.57. The van der Waals surface area contributed by atoms with Crippen LogP contribution in [0.4, 0.5) is 0 Å². The molecule has 1 aliphatic heterocycles. The van der Waals surface area contributed by atoms with E-state index in [0.717, 1.165) is 19.6 Å². The number of nitrogens with zero attached hydrogens (tertiary/aromatic N) is 1. The summed E-state index contributed by atoms with van der Waals surface area (Å²) < 4.78 is 10.4. The molecule has 1 rings (SSSR count). The van der Waals surface area contributed by atoms with Crippen LogP contribution in [0.25, 0.3) is 0 Å². The van der Waals surface area contributed by atoms with E-state index in [-0.39, 0.29) is 6.29 Å². The summed E-state index contributed by atoms with van der Waals surface area (Å²) in [4.78, 5) is 2.42. The van der Waals surface area contributed by atoms with E-state index in [2.05, 4.69) is 18.7 Å². The second kappa shape index (κ2) is 5.10. The Bertz CT molecular complexity index is 157. The molecule has 0 aromatic carbocycles. The van der Waals surface area contributed by atoms with Crippen LogP contribution < -0.4 is 0 Å². The van der Waals surface area contributed by atoms with E-state index in [4.69, 9.17) is 9.47 Å². The maximum absolute atomic E-state index is 5.19. The normalized spacial score (nSPS) is 22.9. The lowest BCUT2D eigenvalue weighted by Crippen LogP contribution is -2.42. The Labute approximate surface area is 87.4 Å². The fourth-order valence-corrected chi connectivity index (χ4v) is 1.80. The summed E-state index contributed by atoms with van der Waals surface area (Å²) in [6, 6.07) is 0. The minimum Gasteiger partial charge on any atom is -0.355 e. The Hall–Kier alpha value is -0.120. The predicted octanol–water partition coefficient (Wildman–Crippen LogP) is 1.73. The largest absolute Gasteiger partial charge is 0.355 e. The first-order valence-electron chi connectivity index (χ1n) is 5.35. The second-order valence-electron chi connectivity index (χ2n) is 4.87. The summed E-state index contributed by atoms with van der Waals surface area (Å²) in [6.07, 6.45) is 2.47. The molecule has 0 unspecified atom stereocenters. The van der Waals surface area contributed by atoms with E-state index in [9.17, 15) is 0 Å². The molecule has 0 N–H and O–H groups in total. The van der Waals surface area contributed by atoms with Gasteiger partial charge < -0.3 is 9.47 Å². The van der Waals surface area contributed by atoms with Crippen molar-refractivity contribution in [3.05, 3.63) is 0 Å². The first-order valence-corrected chi connectivity index (χ1v) is 5.35. The molecule has 0 aromatic heterocycles. The Morgan fingerprint density at radius 2 is 1.64 bits per heavy atom. The minimum atomic E-state index is -0.0730. The molecule has 1 heterocycles. The van der Waals surface area contributed by atoms with Crippen LogP contribution in [-0.2, 0) is 9.47 Å². The van der Waals surface area contributed by atoms with E-state index in [0.29, 0.717) is 5.41 Å². The number of rotatable bonds is 4. The van der Waals surface area contributed by atoms with Gasteiger partial charge in [-0.2, -0.15) is 0 Å². The maximum atomic E-state index is 5.19. The molecule has 14 heavy (non-hydrogen) atoms. The molecule has 0 saturated carbocycles. The summed E-state index contributed by atoms with van der Waals surface area (Å²) >= 11 is 0. The van der Waals surface area contributed by atoms with Crippen LogP contribution in [0.1, 0.15) is 26.7 Å². The summed E-state index contributed by atoms with van der Waals surface area (Å²) in [5.74, 6) is 0. The van der Waals surface area contributed by atoms with Gasteiger partial charge in [0.05, 0.1) is 0 Å². The topological polar surface area (TPSA) is 21.7 Å². The third kappa shape index (κ3) is 3.56. The zero-order valence-electron chi connectivity index (χ0n) is 9.88. The van der Waals surface area contributed by atoms with Crippen LogP contribution in [0.15, 0.2) is 0 Å². The Balaban J connectivity index is 2.28. The van der Waals surface area contributed by atoms with Crippen LogP contribution >= 0.6 is 0 Å². The quantitative estimate of drug-likeness (QED) is 0.647. The molecule has 84 valence electrons. The lowest BCUT2D eigenvalue weighted by Gasteiger charge is -2.37. The zero-order chi connectivity index (χ0) is 10.6. The predicted molar refractivity (Wildman–Crippen MR) is 57.3 cm³/mol. The number of likely N-dealkylation sites (tertiary alicyclic amines) is 1. The Morgan fingerprint density at radius 1 is 1.14 bits per heavy atom. The zero-order valence-corrected chi connectivity index (χ0v) is 9.88. The number of piperidine rings is 1. The molecule has 3 nitrogen and oxygen atoms in total. The number of ether oxygens (including phenoxy) is 2. The SMILES string of the molecule is COC(CN1CCC(C)(C)CC1)OC. The molecule has 3 heteroatoms. The minimum absolute atomic E-state index is 0.0730. The van der Waals surface area contributed by atoms with Crippen LogP contribution in [0.5, 0.6) is 0 Å². The van der Waals surface area contributed by atoms with Gasteiger partial charge in [0.2, 0.25) is 0 Å². The van der Waals surface area contributed by atoms with Gasteiger partial charge in [0.25, 0.3) is 0 Å². The molecule has 0 amide bonds. The molecular weight excluding hydrogens is 178 g/mol. The maximum Gasteiger partial charge on any atom is 0.169 e. The van der Waals surface area contributed by atoms with Gasteiger partial charge in [-0.1, -0.05) is 13.8 Å². The van der Waals surface area contributed by atoms with Crippen molar-refractivity contribution in [1.82, 2.24) is 4.90 Å². The van der Waals surface area contributed by atoms with Crippen molar-refractivity contribution in [1.29, 1.82) is 0 Å². The van der Waals surface area contributed by atoms with Gasteiger partial charge in [0.1, 0.15) is 0 Å². The second-order valence-corrected chi connectivity index (χ2v) is 4.87. The van der Waals surface area contributed by atoms with Crippen LogP contribution in [-0.4, -0.2) is 45.0 Å². The van der Waals surface area contributed by atoms with Crippen LogP contribution in [0, 0.1) is 5.41 Å². The molecule has 0 atom stereocenters. The lowest BCUT2D eigenvalue weighted by atomic mass is 9.83. The van der Waals surface area contributed by atoms with Gasteiger partial charge in [-0.15, -0.1) is 0 Å². The lowest BCUT2D eigenvalue weighted by molar-refractivity contribution is -0.120. The van der Waals surface area contributed by atoms with Gasteiger partial charge >= 0.3 is 0 Å². The van der Waals surface area contributed by atoms with Crippen LogP contribution in [0.2, 0.25) is 0 Å². The standard InChI is InChI=1S/C11H23NO2/c1-11(2)5-7-12(8-6-11)9-10(13-3)14-4/h10H,5-9H2,1-4H3. The van der Waals surface area contributed by atoms with E-state index in [1.807, 2.05) is 0 Å². The van der Waals surface area contributed by atoms with E-state index in [1.165, 1.54) is 12.8 Å². The highest BCUT2D eigenvalue weighted by atomic mass is 16.7. The molecule has 0 radical (unpaired) electrons.